The van der Waals surface area contributed by atoms with Crippen LogP contribution in [0.5, 0.6) is 0 Å². The molecule has 2 amide bonds. The number of benzene rings is 1. The molecule has 0 spiro atoms. The zero-order chi connectivity index (χ0) is 22.2. The summed E-state index contributed by atoms with van der Waals surface area (Å²) in [5.74, 6) is 1.50. The highest BCUT2D eigenvalue weighted by molar-refractivity contribution is 7.99. The Hall–Kier alpha value is -2.52. The minimum Gasteiger partial charge on any atom is -0.463 e. The first kappa shape index (κ1) is 21.3. The molecule has 0 bridgehead atoms. The fourth-order valence-corrected chi connectivity index (χ4v) is 5.01. The van der Waals surface area contributed by atoms with Crippen molar-refractivity contribution in [2.45, 2.75) is 55.8 Å². The number of thioether (sulfide) groups is 1. The minimum atomic E-state index is -0.626. The van der Waals surface area contributed by atoms with Crippen LogP contribution in [0.1, 0.15) is 62.0 Å². The normalized spacial score (nSPS) is 20.7. The fraction of sp³-hybridized carbons (Fsp3) is 0.455. The molecule has 2 heterocycles. The van der Waals surface area contributed by atoms with E-state index in [1.54, 1.807) is 31.2 Å². The summed E-state index contributed by atoms with van der Waals surface area (Å²) in [5, 5.41) is 15.9. The fourth-order valence-electron chi connectivity index (χ4n) is 3.91. The van der Waals surface area contributed by atoms with Crippen LogP contribution in [0, 0.1) is 0 Å². The molecule has 2 aromatic rings. The van der Waals surface area contributed by atoms with E-state index >= 15 is 0 Å². The highest BCUT2D eigenvalue weighted by atomic mass is 35.5. The van der Waals surface area contributed by atoms with Crippen molar-refractivity contribution >= 4 is 35.4 Å². The third-order valence-electron chi connectivity index (χ3n) is 5.74. The minimum absolute atomic E-state index is 0.241. The number of amides is 2. The topological polar surface area (TPSA) is 98.1 Å². The van der Waals surface area contributed by atoms with Gasteiger partial charge in [-0.2, -0.15) is 0 Å². The maximum atomic E-state index is 12.9. The molecule has 0 saturated heterocycles. The number of ether oxygens (including phenoxy) is 1. The third-order valence-corrected chi connectivity index (χ3v) is 6.96. The molecule has 1 unspecified atom stereocenters. The molecule has 1 aromatic carbocycles. The molecular weight excluding hydrogens is 450 g/mol. The molecule has 8 nitrogen and oxygen atoms in total. The van der Waals surface area contributed by atoms with Crippen molar-refractivity contribution in [3.63, 3.8) is 0 Å². The summed E-state index contributed by atoms with van der Waals surface area (Å²) in [5.41, 5.74) is 1.67. The molecule has 168 valence electrons. The second-order valence-electron chi connectivity index (χ2n) is 8.20. The molecule has 2 saturated carbocycles. The van der Waals surface area contributed by atoms with Crippen molar-refractivity contribution in [1.29, 1.82) is 0 Å². The molecular formula is C22H24ClN5O3S. The summed E-state index contributed by atoms with van der Waals surface area (Å²) >= 11 is 7.52. The molecule has 2 fully saturated rings. The number of urea groups is 1. The van der Waals surface area contributed by atoms with Gasteiger partial charge in [0, 0.05) is 28.4 Å². The van der Waals surface area contributed by atoms with E-state index in [2.05, 4.69) is 25.4 Å². The SMILES string of the molecule is CCOC(=O)C1=C(CSc2nnc(C3CC3)n2C2CC2)NC(=O)NC1c1ccc(Cl)cc1. The molecule has 32 heavy (non-hydrogen) atoms. The van der Waals surface area contributed by atoms with Crippen molar-refractivity contribution in [2.24, 2.45) is 0 Å². The smallest absolute Gasteiger partial charge is 0.338 e. The number of hydrogen-bond acceptors (Lipinski definition) is 6. The van der Waals surface area contributed by atoms with Crippen molar-refractivity contribution in [3.05, 3.63) is 51.9 Å². The first-order chi connectivity index (χ1) is 15.5. The van der Waals surface area contributed by atoms with Gasteiger partial charge in [-0.3, -0.25) is 0 Å². The van der Waals surface area contributed by atoms with Crippen LogP contribution < -0.4 is 10.6 Å². The van der Waals surface area contributed by atoms with Gasteiger partial charge >= 0.3 is 12.0 Å². The Morgan fingerprint density at radius 3 is 2.62 bits per heavy atom. The predicted octanol–water partition coefficient (Wildman–Crippen LogP) is 4.11. The number of esters is 1. The summed E-state index contributed by atoms with van der Waals surface area (Å²) in [4.78, 5) is 25.4. The lowest BCUT2D eigenvalue weighted by atomic mass is 9.95. The number of hydrogen-bond donors (Lipinski definition) is 2. The Labute approximate surface area is 195 Å². The highest BCUT2D eigenvalue weighted by Crippen LogP contribution is 2.46. The van der Waals surface area contributed by atoms with Crippen molar-refractivity contribution in [3.8, 4) is 0 Å². The molecule has 1 atom stereocenters. The maximum Gasteiger partial charge on any atom is 0.338 e. The average molecular weight is 474 g/mol. The Morgan fingerprint density at radius 2 is 1.97 bits per heavy atom. The summed E-state index contributed by atoms with van der Waals surface area (Å²) < 4.78 is 7.59. The Morgan fingerprint density at radius 1 is 1.22 bits per heavy atom. The second kappa shape index (κ2) is 8.78. The van der Waals surface area contributed by atoms with Crippen LogP contribution in [0.2, 0.25) is 5.02 Å². The van der Waals surface area contributed by atoms with Gasteiger partial charge in [0.1, 0.15) is 5.82 Å². The summed E-state index contributed by atoms with van der Waals surface area (Å²) in [6.07, 6.45) is 4.61. The number of carbonyl (C=O) groups excluding carboxylic acids is 2. The third kappa shape index (κ3) is 4.36. The van der Waals surface area contributed by atoms with E-state index in [-0.39, 0.29) is 12.6 Å². The van der Waals surface area contributed by atoms with Gasteiger partial charge in [0.25, 0.3) is 0 Å². The lowest BCUT2D eigenvalue weighted by Gasteiger charge is -2.29. The van der Waals surface area contributed by atoms with Crippen molar-refractivity contribution in [1.82, 2.24) is 25.4 Å². The van der Waals surface area contributed by atoms with Crippen LogP contribution in [0.4, 0.5) is 4.79 Å². The number of carbonyl (C=O) groups is 2. The van der Waals surface area contributed by atoms with Crippen LogP contribution in [-0.4, -0.2) is 39.1 Å². The lowest BCUT2D eigenvalue weighted by molar-refractivity contribution is -0.139. The van der Waals surface area contributed by atoms with Gasteiger partial charge in [0.2, 0.25) is 0 Å². The van der Waals surface area contributed by atoms with Crippen LogP contribution in [0.15, 0.2) is 40.7 Å². The Bertz CT molecular complexity index is 1080. The molecule has 3 aliphatic rings. The summed E-state index contributed by atoms with van der Waals surface area (Å²) in [6, 6.07) is 6.54. The zero-order valence-corrected chi connectivity index (χ0v) is 19.2. The first-order valence-electron chi connectivity index (χ1n) is 10.9. The van der Waals surface area contributed by atoms with E-state index in [0.717, 1.165) is 42.2 Å². The van der Waals surface area contributed by atoms with Crippen molar-refractivity contribution in [2.75, 3.05) is 12.4 Å². The summed E-state index contributed by atoms with van der Waals surface area (Å²) in [7, 11) is 0. The number of rotatable bonds is 8. The van der Waals surface area contributed by atoms with Gasteiger partial charge in [-0.05, 0) is 50.3 Å². The number of nitrogens with one attached hydrogen (secondary N) is 2. The Balaban J connectivity index is 1.46. The van der Waals surface area contributed by atoms with E-state index in [1.165, 1.54) is 11.8 Å². The van der Waals surface area contributed by atoms with Gasteiger partial charge in [0.15, 0.2) is 5.16 Å². The molecule has 5 rings (SSSR count). The van der Waals surface area contributed by atoms with Gasteiger partial charge in [-0.1, -0.05) is 35.5 Å². The van der Waals surface area contributed by atoms with Crippen LogP contribution in [0.3, 0.4) is 0 Å². The second-order valence-corrected chi connectivity index (χ2v) is 9.58. The van der Waals surface area contributed by atoms with Crippen LogP contribution >= 0.6 is 23.4 Å². The van der Waals surface area contributed by atoms with Crippen molar-refractivity contribution < 1.29 is 14.3 Å². The van der Waals surface area contributed by atoms with Gasteiger partial charge in [-0.15, -0.1) is 10.2 Å². The number of aromatic nitrogens is 3. The molecule has 0 radical (unpaired) electrons. The van der Waals surface area contributed by atoms with Gasteiger partial charge in [-0.25, -0.2) is 9.59 Å². The Kier molecular flexibility index (Phi) is 5.86. The molecule has 2 aliphatic carbocycles. The lowest BCUT2D eigenvalue weighted by Crippen LogP contribution is -2.46. The van der Waals surface area contributed by atoms with Gasteiger partial charge < -0.3 is 19.9 Å². The molecule has 1 aliphatic heterocycles. The molecule has 2 N–H and O–H groups in total. The number of nitrogens with zero attached hydrogens (tertiary/aromatic N) is 3. The largest absolute Gasteiger partial charge is 0.463 e. The van der Waals surface area contributed by atoms with Gasteiger partial charge in [0.05, 0.1) is 18.2 Å². The standard InChI is InChI=1S/C22H24ClN5O3S/c1-2-31-20(29)17-16(24-21(30)25-18(17)12-5-7-14(23)8-6-12)11-32-22-27-26-19(13-3-4-13)28(22)15-9-10-15/h5-8,13,15,18H,2-4,9-11H2,1H3,(H2,24,25,30). The maximum absolute atomic E-state index is 12.9. The average Bonchev–Trinajstić information content (AvgIpc) is 3.71. The van der Waals surface area contributed by atoms with E-state index in [9.17, 15) is 9.59 Å². The predicted molar refractivity (Wildman–Crippen MR) is 121 cm³/mol. The van der Waals surface area contributed by atoms with Crippen LogP contribution in [-0.2, 0) is 9.53 Å². The quantitative estimate of drug-likeness (QED) is 0.442. The van der Waals surface area contributed by atoms with E-state index in [0.29, 0.717) is 34.0 Å². The van der Waals surface area contributed by atoms with E-state index in [1.807, 2.05) is 0 Å². The highest BCUT2D eigenvalue weighted by Gasteiger charge is 2.37. The number of halogens is 1. The van der Waals surface area contributed by atoms with E-state index < -0.39 is 12.0 Å². The molecule has 1 aromatic heterocycles. The first-order valence-corrected chi connectivity index (χ1v) is 12.2. The monoisotopic (exact) mass is 473 g/mol. The zero-order valence-electron chi connectivity index (χ0n) is 17.6. The molecule has 10 heteroatoms. The van der Waals surface area contributed by atoms with E-state index in [4.69, 9.17) is 16.3 Å². The van der Waals surface area contributed by atoms with Crippen LogP contribution in [0.25, 0.3) is 0 Å². The summed E-state index contributed by atoms with van der Waals surface area (Å²) in [6.45, 7) is 2.00.